The predicted octanol–water partition coefficient (Wildman–Crippen LogP) is 3.74. The molecule has 1 atom stereocenters. The molecule has 0 aromatic heterocycles. The highest BCUT2D eigenvalue weighted by molar-refractivity contribution is 6.23. The van der Waals surface area contributed by atoms with Gasteiger partial charge in [0.05, 0.1) is 24.8 Å². The summed E-state index contributed by atoms with van der Waals surface area (Å²) in [5, 5.41) is 0. The first-order chi connectivity index (χ1) is 15.1. The van der Waals surface area contributed by atoms with Gasteiger partial charge >= 0.3 is 5.97 Å². The molecule has 0 N–H and O–H groups in total. The van der Waals surface area contributed by atoms with Crippen LogP contribution in [0.3, 0.4) is 0 Å². The van der Waals surface area contributed by atoms with Crippen molar-refractivity contribution in [2.45, 2.75) is 52.1 Å². The van der Waals surface area contributed by atoms with Gasteiger partial charge in [0.25, 0.3) is 11.8 Å². The van der Waals surface area contributed by atoms with Crippen molar-refractivity contribution in [1.29, 1.82) is 0 Å². The van der Waals surface area contributed by atoms with Gasteiger partial charge in [0, 0.05) is 11.1 Å². The highest BCUT2D eigenvalue weighted by atomic mass is 16.5. The normalized spacial score (nSPS) is 16.3. The fourth-order valence-corrected chi connectivity index (χ4v) is 3.80. The van der Waals surface area contributed by atoms with Crippen molar-refractivity contribution >= 4 is 29.4 Å². The summed E-state index contributed by atoms with van der Waals surface area (Å²) in [6.45, 7) is 7.67. The van der Waals surface area contributed by atoms with Crippen LogP contribution in [0.5, 0.6) is 0 Å². The molecule has 2 aromatic carbocycles. The maximum absolute atomic E-state index is 13.5. The van der Waals surface area contributed by atoms with E-state index in [2.05, 4.69) is 4.74 Å². The Morgan fingerprint density at radius 1 is 1.03 bits per heavy atom. The van der Waals surface area contributed by atoms with Crippen LogP contribution in [0.2, 0.25) is 0 Å². The van der Waals surface area contributed by atoms with Crippen molar-refractivity contribution in [1.82, 2.24) is 4.90 Å². The molecule has 32 heavy (non-hydrogen) atoms. The largest absolute Gasteiger partial charge is 0.465 e. The molecule has 168 valence electrons. The first-order valence-electron chi connectivity index (χ1n) is 10.6. The third-order valence-corrected chi connectivity index (χ3v) is 6.02. The fraction of sp³-hybridized carbons (Fsp3) is 0.360. The second-order valence-corrected chi connectivity index (χ2v) is 8.53. The first-order valence-corrected chi connectivity index (χ1v) is 10.6. The number of rotatable bonds is 6. The molecule has 0 aliphatic carbocycles. The topological polar surface area (TPSA) is 84.0 Å². The van der Waals surface area contributed by atoms with Crippen LogP contribution in [-0.2, 0) is 14.3 Å². The highest BCUT2D eigenvalue weighted by Gasteiger charge is 2.48. The second kappa shape index (κ2) is 8.94. The number of methoxy groups -OCH3 is 1. The Morgan fingerprint density at radius 2 is 1.59 bits per heavy atom. The fourth-order valence-electron chi connectivity index (χ4n) is 3.80. The number of ether oxygens (including phenoxy) is 1. The van der Waals surface area contributed by atoms with Gasteiger partial charge in [-0.05, 0) is 63.6 Å². The van der Waals surface area contributed by atoms with Gasteiger partial charge in [-0.3, -0.25) is 14.4 Å². The number of esters is 1. The molecule has 7 heteroatoms. The standard InChI is InChI=1S/C25H28N2O5/c1-6-25(3,4)27(22(29)17-9-7-16(2)8-10-17)20-15-21(28)26(23(20)30)19-13-11-18(12-14-19)24(31)32-5/h7-14,20H,6,15H2,1-5H3. The molecule has 1 saturated heterocycles. The van der Waals surface area contributed by atoms with Crippen LogP contribution in [0, 0.1) is 6.92 Å². The van der Waals surface area contributed by atoms with Gasteiger partial charge in [0.15, 0.2) is 0 Å². The van der Waals surface area contributed by atoms with E-state index in [1.54, 1.807) is 17.0 Å². The summed E-state index contributed by atoms with van der Waals surface area (Å²) in [5.41, 5.74) is 1.52. The highest BCUT2D eigenvalue weighted by Crippen LogP contribution is 2.32. The lowest BCUT2D eigenvalue weighted by molar-refractivity contribution is -0.123. The molecule has 0 radical (unpaired) electrons. The number of hydrogen-bond donors (Lipinski definition) is 0. The number of imide groups is 1. The van der Waals surface area contributed by atoms with E-state index in [0.29, 0.717) is 23.2 Å². The van der Waals surface area contributed by atoms with Gasteiger partial charge in [-0.15, -0.1) is 0 Å². The lowest BCUT2D eigenvalue weighted by Crippen LogP contribution is -2.55. The van der Waals surface area contributed by atoms with Crippen LogP contribution in [0.15, 0.2) is 48.5 Å². The van der Waals surface area contributed by atoms with Crippen LogP contribution >= 0.6 is 0 Å². The summed E-state index contributed by atoms with van der Waals surface area (Å²) in [6.07, 6.45) is 0.509. The molecule has 0 spiro atoms. The van der Waals surface area contributed by atoms with E-state index in [-0.39, 0.29) is 18.2 Å². The van der Waals surface area contributed by atoms with Crippen LogP contribution in [0.25, 0.3) is 0 Å². The number of amides is 3. The number of carbonyl (C=O) groups is 4. The van der Waals surface area contributed by atoms with E-state index in [1.807, 2.05) is 39.8 Å². The number of carbonyl (C=O) groups excluding carboxylic acids is 4. The number of hydrogen-bond acceptors (Lipinski definition) is 5. The lowest BCUT2D eigenvalue weighted by atomic mass is 9.94. The van der Waals surface area contributed by atoms with Gasteiger partial charge in [0.2, 0.25) is 5.91 Å². The summed E-state index contributed by atoms with van der Waals surface area (Å²) in [5.74, 6) is -1.64. The van der Waals surface area contributed by atoms with Crippen molar-refractivity contribution < 1.29 is 23.9 Å². The molecule has 1 fully saturated rings. The molecule has 2 aromatic rings. The smallest absolute Gasteiger partial charge is 0.337 e. The zero-order valence-electron chi connectivity index (χ0n) is 19.0. The number of aryl methyl sites for hydroxylation is 1. The molecule has 0 bridgehead atoms. The van der Waals surface area contributed by atoms with E-state index in [1.165, 1.54) is 31.4 Å². The molecule has 1 heterocycles. The van der Waals surface area contributed by atoms with Gasteiger partial charge < -0.3 is 9.64 Å². The maximum Gasteiger partial charge on any atom is 0.337 e. The van der Waals surface area contributed by atoms with E-state index in [9.17, 15) is 19.2 Å². The minimum absolute atomic E-state index is 0.0986. The van der Waals surface area contributed by atoms with E-state index in [4.69, 9.17) is 0 Å². The van der Waals surface area contributed by atoms with Gasteiger partial charge in [-0.2, -0.15) is 0 Å². The zero-order valence-corrected chi connectivity index (χ0v) is 19.0. The minimum atomic E-state index is -0.911. The molecule has 0 saturated carbocycles. The predicted molar refractivity (Wildman–Crippen MR) is 120 cm³/mol. The number of nitrogens with zero attached hydrogens (tertiary/aromatic N) is 2. The van der Waals surface area contributed by atoms with Crippen LogP contribution in [-0.4, -0.2) is 47.3 Å². The SMILES string of the molecule is CCC(C)(C)N(C(=O)c1ccc(C)cc1)C1CC(=O)N(c2ccc(C(=O)OC)cc2)C1=O. The number of benzene rings is 2. The van der Waals surface area contributed by atoms with E-state index < -0.39 is 23.5 Å². The van der Waals surface area contributed by atoms with Crippen molar-refractivity contribution in [2.75, 3.05) is 12.0 Å². The average molecular weight is 437 g/mol. The Morgan fingerprint density at radius 3 is 2.12 bits per heavy atom. The van der Waals surface area contributed by atoms with Crippen LogP contribution < -0.4 is 4.90 Å². The Hall–Kier alpha value is -3.48. The summed E-state index contributed by atoms with van der Waals surface area (Å²) >= 11 is 0. The zero-order chi connectivity index (χ0) is 23.6. The van der Waals surface area contributed by atoms with Crippen molar-refractivity contribution in [3.05, 3.63) is 65.2 Å². The third kappa shape index (κ3) is 4.28. The third-order valence-electron chi connectivity index (χ3n) is 6.02. The molecule has 7 nitrogen and oxygen atoms in total. The Labute approximate surface area is 188 Å². The van der Waals surface area contributed by atoms with Gasteiger partial charge in [0.1, 0.15) is 6.04 Å². The van der Waals surface area contributed by atoms with Crippen LogP contribution in [0.4, 0.5) is 5.69 Å². The van der Waals surface area contributed by atoms with Crippen LogP contribution in [0.1, 0.15) is 59.9 Å². The summed E-state index contributed by atoms with van der Waals surface area (Å²) < 4.78 is 4.69. The van der Waals surface area contributed by atoms with Gasteiger partial charge in [-0.1, -0.05) is 24.6 Å². The molecule has 1 aliphatic heterocycles. The van der Waals surface area contributed by atoms with Gasteiger partial charge in [-0.25, -0.2) is 9.69 Å². The molecule has 1 unspecified atom stereocenters. The van der Waals surface area contributed by atoms with Crippen molar-refractivity contribution in [3.8, 4) is 0 Å². The second-order valence-electron chi connectivity index (χ2n) is 8.53. The first kappa shape index (κ1) is 23.2. The minimum Gasteiger partial charge on any atom is -0.465 e. The summed E-state index contributed by atoms with van der Waals surface area (Å²) in [4.78, 5) is 54.1. The molecular weight excluding hydrogens is 408 g/mol. The average Bonchev–Trinajstić information content (AvgIpc) is 3.07. The van der Waals surface area contributed by atoms with Crippen molar-refractivity contribution in [2.24, 2.45) is 0 Å². The van der Waals surface area contributed by atoms with E-state index in [0.717, 1.165) is 10.5 Å². The quantitative estimate of drug-likeness (QED) is 0.509. The van der Waals surface area contributed by atoms with Crippen molar-refractivity contribution in [3.63, 3.8) is 0 Å². The Bertz CT molecular complexity index is 1040. The van der Waals surface area contributed by atoms with E-state index >= 15 is 0 Å². The monoisotopic (exact) mass is 436 g/mol. The summed E-state index contributed by atoms with van der Waals surface area (Å²) in [6, 6.07) is 12.3. The Kier molecular flexibility index (Phi) is 6.48. The Balaban J connectivity index is 1.95. The molecule has 1 aliphatic rings. The molecular formula is C25H28N2O5. The number of anilines is 1. The lowest BCUT2D eigenvalue weighted by Gasteiger charge is -2.41. The maximum atomic E-state index is 13.5. The molecule has 3 rings (SSSR count). The summed E-state index contributed by atoms with van der Waals surface area (Å²) in [7, 11) is 1.28. The molecule has 3 amide bonds.